The zero-order chi connectivity index (χ0) is 15.7. The molecule has 1 rings (SSSR count). The van der Waals surface area contributed by atoms with Crippen LogP contribution in [0.25, 0.3) is 0 Å². The molecule has 1 amide bonds. The summed E-state index contributed by atoms with van der Waals surface area (Å²) in [5.41, 5.74) is 0. The highest BCUT2D eigenvalue weighted by Gasteiger charge is 2.30. The van der Waals surface area contributed by atoms with Crippen molar-refractivity contribution in [3.8, 4) is 0 Å². The van der Waals surface area contributed by atoms with Crippen LogP contribution in [0.15, 0.2) is 11.1 Å². The number of carbonyl (C=O) groups is 1. The summed E-state index contributed by atoms with van der Waals surface area (Å²) in [6.45, 7) is 3.26. The first kappa shape index (κ1) is 16.4. The van der Waals surface area contributed by atoms with Gasteiger partial charge in [-0.25, -0.2) is 8.42 Å². The summed E-state index contributed by atoms with van der Waals surface area (Å²) in [4.78, 5) is 22.2. The lowest BCUT2D eigenvalue weighted by molar-refractivity contribution is -0.392. The molecule has 0 N–H and O–H groups in total. The van der Waals surface area contributed by atoms with Gasteiger partial charge < -0.3 is 15.0 Å². The van der Waals surface area contributed by atoms with E-state index in [0.717, 1.165) is 10.9 Å². The van der Waals surface area contributed by atoms with Gasteiger partial charge in [-0.3, -0.25) is 4.79 Å². The lowest BCUT2D eigenvalue weighted by Crippen LogP contribution is -2.35. The van der Waals surface area contributed by atoms with E-state index in [1.165, 1.54) is 4.90 Å². The Labute approximate surface area is 119 Å². The van der Waals surface area contributed by atoms with E-state index in [2.05, 4.69) is 5.10 Å². The highest BCUT2D eigenvalue weighted by molar-refractivity contribution is 8.13. The molecule has 0 unspecified atom stereocenters. The SMILES string of the molecule is CC(C)N(C)C(=O)Cn1cc(S(=O)(=O)Cl)c([N+](=O)[O-])n1. The number of halogens is 1. The third-order valence-corrected chi connectivity index (χ3v) is 3.92. The molecule has 0 atom stereocenters. The number of aromatic nitrogens is 2. The molecule has 0 radical (unpaired) electrons. The first-order valence-electron chi connectivity index (χ1n) is 5.46. The normalized spacial score (nSPS) is 11.7. The van der Waals surface area contributed by atoms with Crippen molar-refractivity contribution in [3.63, 3.8) is 0 Å². The lowest BCUT2D eigenvalue weighted by atomic mass is 10.3. The van der Waals surface area contributed by atoms with Gasteiger partial charge in [0.25, 0.3) is 9.05 Å². The van der Waals surface area contributed by atoms with E-state index in [4.69, 9.17) is 10.7 Å². The molecule has 20 heavy (non-hydrogen) atoms. The second kappa shape index (κ2) is 5.75. The van der Waals surface area contributed by atoms with Crippen molar-refractivity contribution in [1.29, 1.82) is 0 Å². The molecular weight excluding hydrogens is 312 g/mol. The number of amides is 1. The number of hydrogen-bond acceptors (Lipinski definition) is 6. The molecule has 0 aliphatic carbocycles. The fourth-order valence-electron chi connectivity index (χ4n) is 1.31. The van der Waals surface area contributed by atoms with Crippen molar-refractivity contribution in [2.24, 2.45) is 0 Å². The zero-order valence-electron chi connectivity index (χ0n) is 11.0. The highest BCUT2D eigenvalue weighted by atomic mass is 35.7. The van der Waals surface area contributed by atoms with Gasteiger partial charge in [0, 0.05) is 23.8 Å². The Morgan fingerprint density at radius 2 is 2.15 bits per heavy atom. The van der Waals surface area contributed by atoms with Crippen molar-refractivity contribution >= 4 is 31.5 Å². The van der Waals surface area contributed by atoms with Crippen molar-refractivity contribution in [2.75, 3.05) is 7.05 Å². The highest BCUT2D eigenvalue weighted by Crippen LogP contribution is 2.24. The second-order valence-corrected chi connectivity index (χ2v) is 6.84. The van der Waals surface area contributed by atoms with Crippen molar-refractivity contribution in [1.82, 2.24) is 14.7 Å². The minimum absolute atomic E-state index is 0.0655. The van der Waals surface area contributed by atoms with Crippen LogP contribution >= 0.6 is 10.7 Å². The molecule has 1 heterocycles. The van der Waals surface area contributed by atoms with E-state index in [1.54, 1.807) is 20.9 Å². The number of hydrogen-bond donors (Lipinski definition) is 0. The molecule has 9 nitrogen and oxygen atoms in total. The van der Waals surface area contributed by atoms with E-state index >= 15 is 0 Å². The summed E-state index contributed by atoms with van der Waals surface area (Å²) in [7, 11) is 2.34. The molecule has 0 aliphatic heterocycles. The number of carbonyl (C=O) groups excluding carboxylic acids is 1. The van der Waals surface area contributed by atoms with Gasteiger partial charge in [-0.2, -0.15) is 4.68 Å². The van der Waals surface area contributed by atoms with E-state index in [-0.39, 0.29) is 18.5 Å². The Hall–Kier alpha value is -1.68. The van der Waals surface area contributed by atoms with Gasteiger partial charge in [-0.1, -0.05) is 0 Å². The Morgan fingerprint density at radius 1 is 1.60 bits per heavy atom. The maximum Gasteiger partial charge on any atom is 0.410 e. The van der Waals surface area contributed by atoms with Gasteiger partial charge in [-0.15, -0.1) is 0 Å². The zero-order valence-corrected chi connectivity index (χ0v) is 12.6. The first-order valence-corrected chi connectivity index (χ1v) is 7.77. The molecule has 0 saturated carbocycles. The van der Waals surface area contributed by atoms with Gasteiger partial charge in [0.05, 0.1) is 11.3 Å². The molecule has 11 heteroatoms. The number of nitro groups is 1. The molecule has 1 aromatic heterocycles. The minimum atomic E-state index is -4.31. The Morgan fingerprint density at radius 3 is 2.50 bits per heavy atom. The summed E-state index contributed by atoms with van der Waals surface area (Å²) in [6, 6.07) is -0.0655. The predicted octanol–water partition coefficient (Wildman–Crippen LogP) is 0.586. The predicted molar refractivity (Wildman–Crippen MR) is 69.8 cm³/mol. The molecule has 0 spiro atoms. The third kappa shape index (κ3) is 3.67. The molecule has 0 fully saturated rings. The van der Waals surface area contributed by atoms with Crippen molar-refractivity contribution in [3.05, 3.63) is 16.3 Å². The van der Waals surface area contributed by atoms with Crippen LogP contribution in [-0.2, 0) is 20.4 Å². The molecule has 0 aliphatic rings. The lowest BCUT2D eigenvalue weighted by Gasteiger charge is -2.20. The van der Waals surface area contributed by atoms with Gasteiger partial charge in [0.15, 0.2) is 0 Å². The maximum absolute atomic E-state index is 11.8. The van der Waals surface area contributed by atoms with Gasteiger partial charge >= 0.3 is 5.82 Å². The monoisotopic (exact) mass is 324 g/mol. The number of rotatable bonds is 5. The fraction of sp³-hybridized carbons (Fsp3) is 0.556. The van der Waals surface area contributed by atoms with E-state index in [9.17, 15) is 23.3 Å². The van der Waals surface area contributed by atoms with E-state index in [0.29, 0.717) is 0 Å². The van der Waals surface area contributed by atoms with Crippen molar-refractivity contribution in [2.45, 2.75) is 31.3 Å². The van der Waals surface area contributed by atoms with Crippen LogP contribution in [0.3, 0.4) is 0 Å². The Kier molecular flexibility index (Phi) is 4.71. The summed E-state index contributed by atoms with van der Waals surface area (Å²) in [5.74, 6) is -1.27. The Balaban J connectivity index is 3.11. The van der Waals surface area contributed by atoms with Crippen LogP contribution in [0.2, 0.25) is 0 Å². The van der Waals surface area contributed by atoms with E-state index in [1.807, 2.05) is 0 Å². The molecular formula is C9H13ClN4O5S. The largest absolute Gasteiger partial charge is 0.410 e. The molecule has 0 bridgehead atoms. The summed E-state index contributed by atoms with van der Waals surface area (Å²) < 4.78 is 23.3. The van der Waals surface area contributed by atoms with E-state index < -0.39 is 24.7 Å². The average molecular weight is 325 g/mol. The van der Waals surface area contributed by atoms with Crippen LogP contribution in [0, 0.1) is 10.1 Å². The van der Waals surface area contributed by atoms with Crippen LogP contribution in [0.1, 0.15) is 13.8 Å². The van der Waals surface area contributed by atoms with Crippen LogP contribution in [0.4, 0.5) is 5.82 Å². The van der Waals surface area contributed by atoms with Gasteiger partial charge in [0.2, 0.25) is 10.8 Å². The summed E-state index contributed by atoms with van der Waals surface area (Å²) in [6.07, 6.45) is 0.868. The number of likely N-dealkylation sites (N-methyl/N-ethyl adjacent to an activating group) is 1. The fourth-order valence-corrected chi connectivity index (χ4v) is 2.22. The summed E-state index contributed by atoms with van der Waals surface area (Å²) in [5, 5.41) is 14.2. The minimum Gasteiger partial charge on any atom is -0.358 e. The Bertz CT molecular complexity index is 639. The molecule has 1 aromatic rings. The van der Waals surface area contributed by atoms with Crippen LogP contribution < -0.4 is 0 Å². The molecule has 0 aromatic carbocycles. The third-order valence-electron chi connectivity index (χ3n) is 2.61. The topological polar surface area (TPSA) is 115 Å². The first-order chi connectivity index (χ1) is 9.04. The quantitative estimate of drug-likeness (QED) is 0.444. The van der Waals surface area contributed by atoms with Gasteiger partial charge in [-0.05, 0) is 18.8 Å². The van der Waals surface area contributed by atoms with Crippen LogP contribution in [0.5, 0.6) is 0 Å². The average Bonchev–Trinajstić information content (AvgIpc) is 2.71. The van der Waals surface area contributed by atoms with Crippen LogP contribution in [-0.4, -0.2) is 47.0 Å². The standard InChI is InChI=1S/C9H13ClN4O5S/c1-6(2)12(3)8(15)5-13-4-7(20(10,18)19)9(11-13)14(16)17/h4,6H,5H2,1-3H3. The maximum atomic E-state index is 11.8. The van der Waals surface area contributed by atoms with Gasteiger partial charge in [0.1, 0.15) is 6.54 Å². The smallest absolute Gasteiger partial charge is 0.358 e. The second-order valence-electron chi connectivity index (χ2n) is 4.31. The summed E-state index contributed by atoms with van der Waals surface area (Å²) >= 11 is 0. The molecule has 0 saturated heterocycles. The van der Waals surface area contributed by atoms with Crippen molar-refractivity contribution < 1.29 is 18.1 Å². The molecule has 112 valence electrons. The number of nitrogens with zero attached hydrogens (tertiary/aromatic N) is 4.